The molecule has 2 aromatic rings. The molecule has 1 heterocycles. The third kappa shape index (κ3) is 2.57. The number of pyridine rings is 1. The van der Waals surface area contributed by atoms with Gasteiger partial charge in [-0.2, -0.15) is 0 Å². The normalized spacial score (nSPS) is 13.4. The number of hydrogen-bond donors (Lipinski definition) is 1. The minimum Gasteiger partial charge on any atom is -0.439 e. The van der Waals surface area contributed by atoms with Gasteiger partial charge in [-0.3, -0.25) is 0 Å². The number of aryl methyl sites for hydroxylation is 2. The van der Waals surface area contributed by atoms with E-state index in [9.17, 15) is 0 Å². The fourth-order valence-corrected chi connectivity index (χ4v) is 2.48. The van der Waals surface area contributed by atoms with Crippen molar-refractivity contribution in [1.82, 2.24) is 4.98 Å². The van der Waals surface area contributed by atoms with Crippen LogP contribution in [0.1, 0.15) is 23.2 Å². The predicted molar refractivity (Wildman–Crippen MR) is 75.7 cm³/mol. The molecule has 0 bridgehead atoms. The van der Waals surface area contributed by atoms with E-state index in [1.165, 1.54) is 5.56 Å². The lowest BCUT2D eigenvalue weighted by Crippen LogP contribution is -2.04. The summed E-state index contributed by atoms with van der Waals surface area (Å²) in [5.41, 5.74) is 9.18. The molecule has 0 atom stereocenters. The van der Waals surface area contributed by atoms with Crippen LogP contribution in [0.25, 0.3) is 0 Å². The van der Waals surface area contributed by atoms with Crippen LogP contribution in [0.2, 0.25) is 5.02 Å². The van der Waals surface area contributed by atoms with E-state index in [-0.39, 0.29) is 0 Å². The predicted octanol–water partition coefficient (Wildman–Crippen LogP) is 3.47. The van der Waals surface area contributed by atoms with Crippen LogP contribution in [0.5, 0.6) is 11.6 Å². The summed E-state index contributed by atoms with van der Waals surface area (Å²) < 4.78 is 5.83. The molecule has 3 nitrogen and oxygen atoms in total. The Morgan fingerprint density at radius 3 is 2.74 bits per heavy atom. The van der Waals surface area contributed by atoms with Crippen LogP contribution in [0.3, 0.4) is 0 Å². The molecule has 0 saturated heterocycles. The van der Waals surface area contributed by atoms with Gasteiger partial charge in [-0.25, -0.2) is 4.98 Å². The van der Waals surface area contributed by atoms with E-state index in [2.05, 4.69) is 11.1 Å². The third-order valence-corrected chi connectivity index (χ3v) is 3.59. The molecule has 0 saturated carbocycles. The van der Waals surface area contributed by atoms with Crippen molar-refractivity contribution in [2.75, 3.05) is 0 Å². The maximum Gasteiger partial charge on any atom is 0.223 e. The van der Waals surface area contributed by atoms with Gasteiger partial charge in [-0.15, -0.1) is 0 Å². The number of fused-ring (bicyclic) bond motifs is 1. The van der Waals surface area contributed by atoms with Gasteiger partial charge in [-0.1, -0.05) is 11.6 Å². The topological polar surface area (TPSA) is 48.1 Å². The van der Waals surface area contributed by atoms with Crippen LogP contribution >= 0.6 is 11.6 Å². The van der Waals surface area contributed by atoms with Gasteiger partial charge in [0.05, 0.1) is 0 Å². The molecule has 0 amide bonds. The highest BCUT2D eigenvalue weighted by atomic mass is 35.5. The number of ether oxygens (including phenoxy) is 1. The molecule has 98 valence electrons. The highest BCUT2D eigenvalue weighted by Gasteiger charge is 2.17. The summed E-state index contributed by atoms with van der Waals surface area (Å²) in [6.07, 6.45) is 3.28. The maximum atomic E-state index is 5.86. The molecular weight excluding hydrogens is 260 g/mol. The fourth-order valence-electron chi connectivity index (χ4n) is 2.35. The van der Waals surface area contributed by atoms with Crippen molar-refractivity contribution in [2.24, 2.45) is 5.73 Å². The summed E-state index contributed by atoms with van der Waals surface area (Å²) in [5.74, 6) is 1.34. The van der Waals surface area contributed by atoms with Gasteiger partial charge in [0, 0.05) is 22.8 Å². The Balaban J connectivity index is 1.93. The van der Waals surface area contributed by atoms with Gasteiger partial charge in [-0.05, 0) is 55.2 Å². The smallest absolute Gasteiger partial charge is 0.223 e. The van der Waals surface area contributed by atoms with Crippen molar-refractivity contribution >= 4 is 11.6 Å². The Bertz CT molecular complexity index is 596. The summed E-state index contributed by atoms with van der Waals surface area (Å²) in [6.45, 7) is 0.434. The fraction of sp³-hybridized carbons (Fsp3) is 0.267. The monoisotopic (exact) mass is 274 g/mol. The molecule has 2 N–H and O–H groups in total. The first-order chi connectivity index (χ1) is 9.26. The van der Waals surface area contributed by atoms with Crippen LogP contribution < -0.4 is 10.5 Å². The van der Waals surface area contributed by atoms with Gasteiger partial charge in [0.25, 0.3) is 0 Å². The average molecular weight is 275 g/mol. The Morgan fingerprint density at radius 1 is 1.21 bits per heavy atom. The zero-order chi connectivity index (χ0) is 13.2. The summed E-state index contributed by atoms with van der Waals surface area (Å²) in [4.78, 5) is 4.61. The lowest BCUT2D eigenvalue weighted by atomic mass is 10.1. The van der Waals surface area contributed by atoms with Crippen molar-refractivity contribution in [3.8, 4) is 11.6 Å². The minimum atomic E-state index is 0.434. The molecule has 0 spiro atoms. The molecule has 3 rings (SSSR count). The summed E-state index contributed by atoms with van der Waals surface area (Å²) in [6, 6.07) is 9.38. The molecule has 0 unspecified atom stereocenters. The van der Waals surface area contributed by atoms with E-state index in [4.69, 9.17) is 22.1 Å². The lowest BCUT2D eigenvalue weighted by Gasteiger charge is -2.11. The molecule has 1 aliphatic carbocycles. The zero-order valence-corrected chi connectivity index (χ0v) is 11.3. The highest BCUT2D eigenvalue weighted by molar-refractivity contribution is 6.30. The number of aromatic nitrogens is 1. The van der Waals surface area contributed by atoms with E-state index in [0.717, 1.165) is 36.3 Å². The Kier molecular flexibility index (Phi) is 3.40. The molecule has 1 aliphatic rings. The number of nitrogens with zero attached hydrogens (tertiary/aromatic N) is 1. The number of halogens is 1. The van der Waals surface area contributed by atoms with E-state index in [0.29, 0.717) is 17.4 Å². The van der Waals surface area contributed by atoms with E-state index >= 15 is 0 Å². The SMILES string of the molecule is NCc1cc2c(nc1Oc1ccc(Cl)cc1)CCC2. The van der Waals surface area contributed by atoms with Crippen molar-refractivity contribution in [2.45, 2.75) is 25.8 Å². The number of hydrogen-bond acceptors (Lipinski definition) is 3. The highest BCUT2D eigenvalue weighted by Crippen LogP contribution is 2.29. The molecule has 0 aliphatic heterocycles. The van der Waals surface area contributed by atoms with Gasteiger partial charge >= 0.3 is 0 Å². The van der Waals surface area contributed by atoms with Gasteiger partial charge in [0.1, 0.15) is 5.75 Å². The van der Waals surface area contributed by atoms with Crippen molar-refractivity contribution in [1.29, 1.82) is 0 Å². The Labute approximate surface area is 117 Å². The van der Waals surface area contributed by atoms with Gasteiger partial charge in [0.15, 0.2) is 0 Å². The summed E-state index contributed by atoms with van der Waals surface area (Å²) >= 11 is 5.86. The molecule has 0 radical (unpaired) electrons. The largest absolute Gasteiger partial charge is 0.439 e. The van der Waals surface area contributed by atoms with Crippen molar-refractivity contribution in [3.63, 3.8) is 0 Å². The van der Waals surface area contributed by atoms with Gasteiger partial charge < -0.3 is 10.5 Å². The molecule has 1 aromatic heterocycles. The van der Waals surface area contributed by atoms with Crippen molar-refractivity contribution in [3.05, 3.63) is 52.2 Å². The van der Waals surface area contributed by atoms with Gasteiger partial charge in [0.2, 0.25) is 5.88 Å². The Hall–Kier alpha value is -1.58. The van der Waals surface area contributed by atoms with E-state index < -0.39 is 0 Å². The van der Waals surface area contributed by atoms with Crippen LogP contribution in [-0.2, 0) is 19.4 Å². The molecule has 19 heavy (non-hydrogen) atoms. The first-order valence-corrected chi connectivity index (χ1v) is 6.79. The molecule has 1 aromatic carbocycles. The number of nitrogens with two attached hydrogens (primary N) is 1. The second-order valence-electron chi connectivity index (χ2n) is 4.67. The third-order valence-electron chi connectivity index (χ3n) is 3.34. The molecular formula is C15H15ClN2O. The van der Waals surface area contributed by atoms with Crippen LogP contribution in [0, 0.1) is 0 Å². The second kappa shape index (κ2) is 5.19. The average Bonchev–Trinajstić information content (AvgIpc) is 2.87. The Morgan fingerprint density at radius 2 is 2.00 bits per heavy atom. The lowest BCUT2D eigenvalue weighted by molar-refractivity contribution is 0.454. The van der Waals surface area contributed by atoms with E-state index in [1.807, 2.05) is 12.1 Å². The van der Waals surface area contributed by atoms with Crippen LogP contribution in [0.4, 0.5) is 0 Å². The minimum absolute atomic E-state index is 0.434. The zero-order valence-electron chi connectivity index (χ0n) is 10.5. The molecule has 4 heteroatoms. The second-order valence-corrected chi connectivity index (χ2v) is 5.11. The first kappa shape index (κ1) is 12.5. The quantitative estimate of drug-likeness (QED) is 0.932. The van der Waals surface area contributed by atoms with Crippen LogP contribution in [0.15, 0.2) is 30.3 Å². The molecule has 0 fully saturated rings. The summed E-state index contributed by atoms with van der Waals surface area (Å²) in [5, 5.41) is 0.688. The first-order valence-electron chi connectivity index (χ1n) is 6.41. The maximum absolute atomic E-state index is 5.86. The number of rotatable bonds is 3. The number of benzene rings is 1. The summed E-state index contributed by atoms with van der Waals surface area (Å²) in [7, 11) is 0. The standard InChI is InChI=1S/C15H15ClN2O/c16-12-4-6-13(7-5-12)19-15-11(9-17)8-10-2-1-3-14(10)18-15/h4-8H,1-3,9,17H2. The van der Waals surface area contributed by atoms with E-state index in [1.54, 1.807) is 12.1 Å². The van der Waals surface area contributed by atoms with Crippen LogP contribution in [-0.4, -0.2) is 4.98 Å². The van der Waals surface area contributed by atoms with Crippen molar-refractivity contribution < 1.29 is 4.74 Å².